The molecule has 3 atom stereocenters. The maximum Gasteiger partial charge on any atom is 0.330 e. The molecule has 7 aromatic rings. The van der Waals surface area contributed by atoms with Gasteiger partial charge >= 0.3 is 5.69 Å². The van der Waals surface area contributed by atoms with E-state index in [2.05, 4.69) is 91.5 Å². The van der Waals surface area contributed by atoms with E-state index in [4.69, 9.17) is 29.1 Å². The summed E-state index contributed by atoms with van der Waals surface area (Å²) < 4.78 is 36.3. The largest absolute Gasteiger partial charge is 0.497 e. The molecule has 3 N–H and O–H groups in total. The predicted molar refractivity (Wildman–Crippen MR) is 263 cm³/mol. The average Bonchev–Trinajstić information content (AvgIpc) is 4.00. The second kappa shape index (κ2) is 20.1. The van der Waals surface area contributed by atoms with Gasteiger partial charge in [-0.2, -0.15) is 0 Å². The minimum absolute atomic E-state index is 0.0734. The van der Waals surface area contributed by atoms with E-state index < -0.39 is 49.5 Å². The molecule has 15 heteroatoms. The summed E-state index contributed by atoms with van der Waals surface area (Å²) in [7, 11) is 0.357. The highest BCUT2D eigenvalue weighted by atomic mass is 28.4. The molecule has 352 valence electrons. The number of H-pyrrole nitrogens is 1. The third-order valence-electron chi connectivity index (χ3n) is 13.1. The Morgan fingerprint density at radius 3 is 1.88 bits per heavy atom. The van der Waals surface area contributed by atoms with Gasteiger partial charge in [-0.15, -0.1) is 5.10 Å². The van der Waals surface area contributed by atoms with Crippen molar-refractivity contribution in [2.24, 2.45) is 5.73 Å². The molecular weight excluding hydrogens is 877 g/mol. The molecule has 14 nitrogen and oxygen atoms in total. The van der Waals surface area contributed by atoms with E-state index in [9.17, 15) is 14.4 Å². The van der Waals surface area contributed by atoms with Gasteiger partial charge in [-0.05, 0) is 80.8 Å². The Hall–Kier alpha value is -6.91. The molecule has 1 amide bonds. The lowest BCUT2D eigenvalue weighted by atomic mass is 9.80. The summed E-state index contributed by atoms with van der Waals surface area (Å²) in [5, 5.41) is 9.00. The van der Waals surface area contributed by atoms with Crippen molar-refractivity contribution in [1.82, 2.24) is 24.5 Å². The Morgan fingerprint density at radius 1 is 0.794 bits per heavy atom. The molecule has 0 radical (unpaired) electrons. The molecule has 1 saturated heterocycles. The fraction of sp³-hybridized carbons (Fsp3) is 0.302. The first-order valence-electron chi connectivity index (χ1n) is 22.8. The number of ether oxygens (including phenoxy) is 4. The van der Waals surface area contributed by atoms with Crippen LogP contribution in [0, 0.1) is 6.92 Å². The summed E-state index contributed by atoms with van der Waals surface area (Å²) in [6, 6.07) is 42.7. The van der Waals surface area contributed by atoms with Crippen LogP contribution >= 0.6 is 0 Å². The number of nitrogens with one attached hydrogen (secondary N) is 1. The van der Waals surface area contributed by atoms with Crippen LogP contribution in [0.2, 0.25) is 11.1 Å². The highest BCUT2D eigenvalue weighted by molar-refractivity contribution is 6.88. The van der Waals surface area contributed by atoms with E-state index in [1.807, 2.05) is 78.9 Å². The van der Waals surface area contributed by atoms with Crippen LogP contribution < -0.4 is 31.6 Å². The number of nitrogens with zero attached hydrogens (tertiary/aromatic N) is 4. The molecule has 5 aromatic carbocycles. The van der Waals surface area contributed by atoms with Gasteiger partial charge in [0.1, 0.15) is 29.4 Å². The molecule has 0 saturated carbocycles. The third kappa shape index (κ3) is 9.47. The number of carbonyl (C=O) groups excluding carboxylic acids is 1. The minimum Gasteiger partial charge on any atom is -0.497 e. The van der Waals surface area contributed by atoms with Crippen LogP contribution in [0.4, 0.5) is 0 Å². The molecular formula is C53H58N6O8Si. The summed E-state index contributed by atoms with van der Waals surface area (Å²) in [4.78, 5) is 40.0. The van der Waals surface area contributed by atoms with Crippen molar-refractivity contribution in [3.05, 3.63) is 194 Å². The maximum absolute atomic E-state index is 13.5. The molecule has 0 spiro atoms. The van der Waals surface area contributed by atoms with Gasteiger partial charge in [-0.1, -0.05) is 136 Å². The van der Waals surface area contributed by atoms with Crippen molar-refractivity contribution in [3.63, 3.8) is 0 Å². The van der Waals surface area contributed by atoms with Crippen molar-refractivity contribution in [2.75, 3.05) is 20.8 Å². The van der Waals surface area contributed by atoms with Gasteiger partial charge in [-0.3, -0.25) is 19.1 Å². The van der Waals surface area contributed by atoms with Crippen LogP contribution in [-0.2, 0) is 26.0 Å². The zero-order valence-corrected chi connectivity index (χ0v) is 40.4. The average molecular weight is 935 g/mol. The normalized spacial score (nSPS) is 16.3. The van der Waals surface area contributed by atoms with Gasteiger partial charge in [0.25, 0.3) is 11.5 Å². The fourth-order valence-electron chi connectivity index (χ4n) is 9.55. The molecule has 0 unspecified atom stereocenters. The van der Waals surface area contributed by atoms with Crippen molar-refractivity contribution in [1.29, 1.82) is 0 Å². The van der Waals surface area contributed by atoms with Crippen molar-refractivity contribution in [2.45, 2.75) is 82.7 Å². The first-order valence-corrected chi connectivity index (χ1v) is 24.9. The maximum atomic E-state index is 13.5. The monoisotopic (exact) mass is 934 g/mol. The zero-order chi connectivity index (χ0) is 48.2. The van der Waals surface area contributed by atoms with Crippen molar-refractivity contribution >= 4 is 19.4 Å². The van der Waals surface area contributed by atoms with Gasteiger partial charge < -0.3 is 29.1 Å². The lowest BCUT2D eigenvalue weighted by Gasteiger charge is -2.42. The molecule has 1 aliphatic rings. The van der Waals surface area contributed by atoms with Gasteiger partial charge in [0, 0.05) is 18.2 Å². The lowest BCUT2D eigenvalue weighted by Crippen LogP contribution is -2.59. The lowest BCUT2D eigenvalue weighted by molar-refractivity contribution is -0.0927. The summed E-state index contributed by atoms with van der Waals surface area (Å²) in [6.07, 6.45) is 1.50. The molecule has 0 bridgehead atoms. The molecule has 0 aliphatic carbocycles. The predicted octanol–water partition coefficient (Wildman–Crippen LogP) is 7.62. The van der Waals surface area contributed by atoms with Crippen LogP contribution in [0.5, 0.6) is 11.5 Å². The Bertz CT molecular complexity index is 2880. The summed E-state index contributed by atoms with van der Waals surface area (Å²) in [5.41, 5.74) is 9.70. The number of amides is 1. The molecule has 1 aliphatic heterocycles. The standard InChI is InChI=1S/C53H58N6O8Si/c1-34(2)68(35(3)4,45-27-17-39(18-28-45)38-15-13-37(14-16-38)31-58-32-46(50(54)60)56-57-58)67-47-29-49(59-30-36(5)51(61)55-52(59)62)66-48(47)33-65-53(40-11-9-8-10-12-40,41-19-23-43(63-6)24-20-41)42-21-25-44(64-7)26-22-42/h8-28,30,32,34-35,47-49H,29,31,33H2,1-7H3,(H2,54,60)(H,55,61,62)/t47-,48+,49+/m0/s1. The van der Waals surface area contributed by atoms with Crippen LogP contribution in [0.3, 0.4) is 0 Å². The third-order valence-corrected chi connectivity index (χ3v) is 18.5. The number of primary amides is 1. The smallest absolute Gasteiger partial charge is 0.330 e. The molecule has 3 heterocycles. The van der Waals surface area contributed by atoms with E-state index in [1.54, 1.807) is 32.0 Å². The number of benzene rings is 5. The number of nitrogens with two attached hydrogens (primary N) is 1. The van der Waals surface area contributed by atoms with Gasteiger partial charge in [0.15, 0.2) is 5.69 Å². The highest BCUT2D eigenvalue weighted by Crippen LogP contribution is 2.44. The van der Waals surface area contributed by atoms with Crippen LogP contribution in [0.15, 0.2) is 149 Å². The van der Waals surface area contributed by atoms with E-state index in [-0.39, 0.29) is 23.4 Å². The molecule has 1 fully saturated rings. The topological polar surface area (TPSA) is 175 Å². The summed E-state index contributed by atoms with van der Waals surface area (Å²) in [6.45, 7) is 11.1. The van der Waals surface area contributed by atoms with Crippen molar-refractivity contribution in [3.8, 4) is 22.6 Å². The number of carbonyl (C=O) groups is 1. The van der Waals surface area contributed by atoms with Gasteiger partial charge in [0.2, 0.25) is 8.32 Å². The second-order valence-corrected chi connectivity index (χ2v) is 22.6. The van der Waals surface area contributed by atoms with Crippen LogP contribution in [-0.4, -0.2) is 71.8 Å². The minimum atomic E-state index is -2.92. The number of aromatic nitrogens is 5. The Kier molecular flexibility index (Phi) is 14.1. The fourth-order valence-corrected chi connectivity index (χ4v) is 14.3. The number of methoxy groups -OCH3 is 2. The van der Waals surface area contributed by atoms with Crippen molar-refractivity contribution < 1.29 is 28.2 Å². The number of hydrogen-bond acceptors (Lipinski definition) is 10. The number of hydrogen-bond donors (Lipinski definition) is 2. The summed E-state index contributed by atoms with van der Waals surface area (Å²) in [5.74, 6) is 0.795. The van der Waals surface area contributed by atoms with E-state index in [0.29, 0.717) is 30.0 Å². The van der Waals surface area contributed by atoms with E-state index in [0.717, 1.165) is 38.6 Å². The quantitative estimate of drug-likeness (QED) is 0.0644. The van der Waals surface area contributed by atoms with Gasteiger partial charge in [0.05, 0.1) is 39.7 Å². The SMILES string of the molecule is COc1ccc(C(OC[C@H]2O[C@@H](n3cc(C)c(=O)[nH]c3=O)C[C@@H]2O[Si](c2ccc(-c3ccc(Cn4cc(C(N)=O)nn4)cc3)cc2)(C(C)C)C(C)C)(c2ccccc2)c2ccc(OC)cc2)cc1. The Balaban J connectivity index is 1.16. The van der Waals surface area contributed by atoms with Gasteiger partial charge in [-0.25, -0.2) is 9.48 Å². The van der Waals surface area contributed by atoms with E-state index in [1.165, 1.54) is 10.8 Å². The number of rotatable bonds is 18. The molecule has 68 heavy (non-hydrogen) atoms. The molecule has 2 aromatic heterocycles. The van der Waals surface area contributed by atoms with Crippen LogP contribution in [0.1, 0.15) is 78.6 Å². The first kappa shape index (κ1) is 47.6. The Morgan fingerprint density at radius 2 is 1.35 bits per heavy atom. The second-order valence-electron chi connectivity index (χ2n) is 17.9. The van der Waals surface area contributed by atoms with Crippen LogP contribution in [0.25, 0.3) is 11.1 Å². The number of aromatic amines is 1. The summed E-state index contributed by atoms with van der Waals surface area (Å²) >= 11 is 0. The molecule has 8 rings (SSSR count). The Labute approximate surface area is 396 Å². The van der Waals surface area contributed by atoms with E-state index >= 15 is 0 Å². The highest BCUT2D eigenvalue weighted by Gasteiger charge is 2.51. The first-order chi connectivity index (χ1) is 32.7. The number of aryl methyl sites for hydroxylation is 1. The zero-order valence-electron chi connectivity index (χ0n) is 39.4.